The standard InChI is InChI=1S/C11H14N2O5S/c1-6(2)9(11(15)18-3)12-10(14)7-4-5-8(19-7)13(16)17/h4-6,9H,1-3H3,(H,12,14). The van der Waals surface area contributed by atoms with Crippen LogP contribution in [-0.2, 0) is 9.53 Å². The van der Waals surface area contributed by atoms with Crippen molar-refractivity contribution in [2.45, 2.75) is 19.9 Å². The highest BCUT2D eigenvalue weighted by molar-refractivity contribution is 7.17. The van der Waals surface area contributed by atoms with Crippen molar-refractivity contribution in [2.24, 2.45) is 5.92 Å². The summed E-state index contributed by atoms with van der Waals surface area (Å²) in [7, 11) is 1.24. The number of carbonyl (C=O) groups is 2. The zero-order chi connectivity index (χ0) is 14.6. The molecule has 1 aromatic heterocycles. The number of hydrogen-bond acceptors (Lipinski definition) is 6. The Hall–Kier alpha value is -1.96. The molecular weight excluding hydrogens is 272 g/mol. The molecule has 1 unspecified atom stereocenters. The van der Waals surface area contributed by atoms with Crippen molar-refractivity contribution < 1.29 is 19.2 Å². The molecule has 0 bridgehead atoms. The molecule has 19 heavy (non-hydrogen) atoms. The number of ether oxygens (including phenoxy) is 1. The van der Waals surface area contributed by atoms with Crippen LogP contribution in [0.3, 0.4) is 0 Å². The van der Waals surface area contributed by atoms with Crippen LogP contribution in [-0.4, -0.2) is 30.0 Å². The van der Waals surface area contributed by atoms with Gasteiger partial charge in [-0.25, -0.2) is 4.79 Å². The Morgan fingerprint density at radius 1 is 1.42 bits per heavy atom. The molecule has 8 heteroatoms. The van der Waals surface area contributed by atoms with Gasteiger partial charge in [0.15, 0.2) is 0 Å². The summed E-state index contributed by atoms with van der Waals surface area (Å²) in [5, 5.41) is 12.9. The number of amides is 1. The van der Waals surface area contributed by atoms with Gasteiger partial charge in [0.25, 0.3) is 5.91 Å². The number of rotatable bonds is 5. The van der Waals surface area contributed by atoms with Crippen LogP contribution in [0.25, 0.3) is 0 Å². The predicted octanol–water partition coefficient (Wildman–Crippen LogP) is 1.58. The van der Waals surface area contributed by atoms with Crippen molar-refractivity contribution >= 4 is 28.2 Å². The number of carbonyl (C=O) groups excluding carboxylic acids is 2. The fourth-order valence-corrected chi connectivity index (χ4v) is 2.11. The second kappa shape index (κ2) is 6.28. The number of esters is 1. The lowest BCUT2D eigenvalue weighted by molar-refractivity contribution is -0.380. The van der Waals surface area contributed by atoms with Crippen molar-refractivity contribution in [3.63, 3.8) is 0 Å². The van der Waals surface area contributed by atoms with Gasteiger partial charge in [-0.15, -0.1) is 0 Å². The average Bonchev–Trinajstić information content (AvgIpc) is 2.84. The first-order chi connectivity index (χ1) is 8.86. The zero-order valence-corrected chi connectivity index (χ0v) is 11.5. The number of nitro groups is 1. The van der Waals surface area contributed by atoms with E-state index in [2.05, 4.69) is 10.1 Å². The van der Waals surface area contributed by atoms with Gasteiger partial charge in [0.2, 0.25) is 0 Å². The van der Waals surface area contributed by atoms with Gasteiger partial charge < -0.3 is 10.1 Å². The number of nitrogens with one attached hydrogen (secondary N) is 1. The molecule has 0 aliphatic rings. The second-order valence-corrected chi connectivity index (χ2v) is 5.18. The lowest BCUT2D eigenvalue weighted by Gasteiger charge is -2.19. The highest BCUT2D eigenvalue weighted by atomic mass is 32.1. The van der Waals surface area contributed by atoms with E-state index in [1.807, 2.05) is 0 Å². The minimum atomic E-state index is -0.779. The van der Waals surface area contributed by atoms with Crippen molar-refractivity contribution in [1.29, 1.82) is 0 Å². The van der Waals surface area contributed by atoms with Gasteiger partial charge in [0.05, 0.1) is 16.9 Å². The van der Waals surface area contributed by atoms with Crippen LogP contribution < -0.4 is 5.32 Å². The van der Waals surface area contributed by atoms with Gasteiger partial charge in [0, 0.05) is 6.07 Å². The highest BCUT2D eigenvalue weighted by Crippen LogP contribution is 2.24. The summed E-state index contributed by atoms with van der Waals surface area (Å²) in [6.07, 6.45) is 0. The Bertz CT molecular complexity index is 497. The molecule has 7 nitrogen and oxygen atoms in total. The van der Waals surface area contributed by atoms with Gasteiger partial charge in [-0.1, -0.05) is 25.2 Å². The predicted molar refractivity (Wildman–Crippen MR) is 69.1 cm³/mol. The van der Waals surface area contributed by atoms with Crippen molar-refractivity contribution in [2.75, 3.05) is 7.11 Å². The molecule has 104 valence electrons. The summed E-state index contributed by atoms with van der Waals surface area (Å²) in [6.45, 7) is 3.53. The van der Waals surface area contributed by atoms with Crippen molar-refractivity contribution in [3.05, 3.63) is 27.1 Å². The normalized spacial score (nSPS) is 12.0. The summed E-state index contributed by atoms with van der Waals surface area (Å²) >= 11 is 0.759. The average molecular weight is 286 g/mol. The number of hydrogen-bond donors (Lipinski definition) is 1. The third kappa shape index (κ3) is 3.75. The largest absolute Gasteiger partial charge is 0.467 e. The SMILES string of the molecule is COC(=O)C(NC(=O)c1ccc([N+](=O)[O-])s1)C(C)C. The van der Waals surface area contributed by atoms with E-state index in [-0.39, 0.29) is 15.8 Å². The molecule has 0 aliphatic heterocycles. The highest BCUT2D eigenvalue weighted by Gasteiger charge is 2.26. The fraction of sp³-hybridized carbons (Fsp3) is 0.455. The van der Waals surface area contributed by atoms with Gasteiger partial charge in [-0.2, -0.15) is 0 Å². The van der Waals surface area contributed by atoms with Crippen LogP contribution >= 0.6 is 11.3 Å². The minimum absolute atomic E-state index is 0.121. The van der Waals surface area contributed by atoms with Crippen molar-refractivity contribution in [1.82, 2.24) is 5.32 Å². The van der Waals surface area contributed by atoms with Gasteiger partial charge in [0.1, 0.15) is 6.04 Å². The molecule has 1 N–H and O–H groups in total. The Labute approximate surface area is 113 Å². The topological polar surface area (TPSA) is 98.5 Å². The van der Waals surface area contributed by atoms with E-state index in [0.29, 0.717) is 0 Å². The maximum atomic E-state index is 11.9. The molecule has 0 saturated heterocycles. The van der Waals surface area contributed by atoms with Crippen LogP contribution in [0, 0.1) is 16.0 Å². The lowest BCUT2D eigenvalue weighted by Crippen LogP contribution is -2.44. The van der Waals surface area contributed by atoms with Gasteiger partial charge in [-0.05, 0) is 12.0 Å². The molecule has 1 heterocycles. The van der Waals surface area contributed by atoms with E-state index in [9.17, 15) is 19.7 Å². The van der Waals surface area contributed by atoms with Crippen LogP contribution in [0.2, 0.25) is 0 Å². The summed E-state index contributed by atoms with van der Waals surface area (Å²) in [5.41, 5.74) is 0. The number of thiophene rings is 1. The zero-order valence-electron chi connectivity index (χ0n) is 10.7. The number of methoxy groups -OCH3 is 1. The first-order valence-electron chi connectivity index (χ1n) is 5.49. The lowest BCUT2D eigenvalue weighted by atomic mass is 10.0. The second-order valence-electron chi connectivity index (χ2n) is 4.11. The van der Waals surface area contributed by atoms with E-state index in [1.165, 1.54) is 19.2 Å². The Balaban J connectivity index is 2.81. The molecular formula is C11H14N2O5S. The Kier molecular flexibility index (Phi) is 4.99. The molecule has 1 atom stereocenters. The monoisotopic (exact) mass is 286 g/mol. The molecule has 1 amide bonds. The first kappa shape index (κ1) is 15.1. The quantitative estimate of drug-likeness (QED) is 0.503. The maximum Gasteiger partial charge on any atom is 0.328 e. The summed E-state index contributed by atoms with van der Waals surface area (Å²) in [6, 6.07) is 1.83. The smallest absolute Gasteiger partial charge is 0.328 e. The Morgan fingerprint density at radius 2 is 2.05 bits per heavy atom. The maximum absolute atomic E-state index is 11.9. The van der Waals surface area contributed by atoms with E-state index in [1.54, 1.807) is 13.8 Å². The summed E-state index contributed by atoms with van der Waals surface area (Å²) in [4.78, 5) is 33.5. The third-order valence-electron chi connectivity index (χ3n) is 2.40. The van der Waals surface area contributed by atoms with Gasteiger partial charge in [-0.3, -0.25) is 14.9 Å². The minimum Gasteiger partial charge on any atom is -0.467 e. The Morgan fingerprint density at radius 3 is 2.47 bits per heavy atom. The van der Waals surface area contributed by atoms with Crippen molar-refractivity contribution in [3.8, 4) is 0 Å². The molecule has 0 spiro atoms. The molecule has 1 rings (SSSR count). The summed E-state index contributed by atoms with van der Waals surface area (Å²) < 4.78 is 4.60. The summed E-state index contributed by atoms with van der Waals surface area (Å²) in [5.74, 6) is -1.22. The van der Waals surface area contributed by atoms with E-state index < -0.39 is 22.8 Å². The fourth-order valence-electron chi connectivity index (χ4n) is 1.38. The van der Waals surface area contributed by atoms with E-state index in [0.717, 1.165) is 11.3 Å². The van der Waals surface area contributed by atoms with Crippen LogP contribution in [0.4, 0.5) is 5.00 Å². The number of nitrogens with zero attached hydrogens (tertiary/aromatic N) is 1. The molecule has 0 aliphatic carbocycles. The van der Waals surface area contributed by atoms with Crippen LogP contribution in [0.15, 0.2) is 12.1 Å². The third-order valence-corrected chi connectivity index (χ3v) is 3.44. The molecule has 0 saturated carbocycles. The van der Waals surface area contributed by atoms with E-state index >= 15 is 0 Å². The first-order valence-corrected chi connectivity index (χ1v) is 6.31. The van der Waals surface area contributed by atoms with Crippen LogP contribution in [0.5, 0.6) is 0 Å². The molecule has 0 aromatic carbocycles. The van der Waals surface area contributed by atoms with E-state index in [4.69, 9.17) is 0 Å². The van der Waals surface area contributed by atoms with Gasteiger partial charge >= 0.3 is 11.0 Å². The molecule has 0 fully saturated rings. The van der Waals surface area contributed by atoms with Crippen LogP contribution in [0.1, 0.15) is 23.5 Å². The molecule has 0 radical (unpaired) electrons. The molecule has 1 aromatic rings.